The largest absolute Gasteiger partial charge is 0.296 e. The number of anilines is 1. The van der Waals surface area contributed by atoms with Gasteiger partial charge in [-0.3, -0.25) is 24.3 Å². The Labute approximate surface area is 136 Å². The van der Waals surface area contributed by atoms with Crippen LogP contribution in [0.25, 0.3) is 0 Å². The zero-order valence-corrected chi connectivity index (χ0v) is 13.9. The minimum absolute atomic E-state index is 0.0490. The summed E-state index contributed by atoms with van der Waals surface area (Å²) in [4.78, 5) is 20.8. The maximum Gasteiger partial charge on any atom is 0.245 e. The third-order valence-corrected chi connectivity index (χ3v) is 4.47. The molecule has 2 aromatic heterocycles. The van der Waals surface area contributed by atoms with Crippen LogP contribution in [-0.2, 0) is 18.3 Å². The van der Waals surface area contributed by atoms with E-state index < -0.39 is 0 Å². The molecule has 0 aliphatic carbocycles. The molecule has 1 atom stereocenters. The molecule has 0 bridgehead atoms. The quantitative estimate of drug-likeness (QED) is 0.837. The fourth-order valence-corrected chi connectivity index (χ4v) is 3.16. The summed E-state index contributed by atoms with van der Waals surface area (Å²) in [6.45, 7) is 3.56. The van der Waals surface area contributed by atoms with Gasteiger partial charge >= 0.3 is 0 Å². The molecule has 1 aliphatic heterocycles. The Morgan fingerprint density at radius 1 is 1.35 bits per heavy atom. The van der Waals surface area contributed by atoms with Crippen molar-refractivity contribution in [2.75, 3.05) is 25.0 Å². The fraction of sp³-hybridized carbons (Fsp3) is 0.471. The van der Waals surface area contributed by atoms with E-state index in [0.29, 0.717) is 0 Å². The number of likely N-dealkylation sites (N-methyl/N-ethyl adjacent to an activating group) is 1. The molecule has 6 heteroatoms. The maximum absolute atomic E-state index is 12.8. The molecule has 1 fully saturated rings. The summed E-state index contributed by atoms with van der Waals surface area (Å²) >= 11 is 0. The van der Waals surface area contributed by atoms with E-state index in [2.05, 4.69) is 15.0 Å². The SMILES string of the molecule is Cc1cc(N2CC[C@@H](N(C)CCc3ccncc3)C2=O)n(C)n1. The second-order valence-electron chi connectivity index (χ2n) is 6.15. The zero-order chi connectivity index (χ0) is 16.4. The van der Waals surface area contributed by atoms with Gasteiger partial charge in [0, 0.05) is 38.6 Å². The normalized spacial score (nSPS) is 18.2. The van der Waals surface area contributed by atoms with E-state index in [9.17, 15) is 4.79 Å². The monoisotopic (exact) mass is 313 g/mol. The highest BCUT2D eigenvalue weighted by atomic mass is 16.2. The summed E-state index contributed by atoms with van der Waals surface area (Å²) < 4.78 is 1.78. The highest BCUT2D eigenvalue weighted by molar-refractivity contribution is 5.98. The smallest absolute Gasteiger partial charge is 0.245 e. The average Bonchev–Trinajstić information content (AvgIpc) is 3.08. The topological polar surface area (TPSA) is 54.3 Å². The molecule has 1 saturated heterocycles. The number of rotatable bonds is 5. The van der Waals surface area contributed by atoms with E-state index in [1.54, 1.807) is 4.68 Å². The van der Waals surface area contributed by atoms with Crippen molar-refractivity contribution in [2.45, 2.75) is 25.8 Å². The standard InChI is InChI=1S/C17H23N5O/c1-13-12-16(21(3)19-13)22-11-7-15(17(22)23)20(2)10-6-14-4-8-18-9-5-14/h4-5,8-9,12,15H,6-7,10-11H2,1-3H3/t15-/m1/s1. The van der Waals surface area contributed by atoms with Crippen molar-refractivity contribution in [3.05, 3.63) is 41.9 Å². The molecule has 1 aliphatic rings. The van der Waals surface area contributed by atoms with Gasteiger partial charge in [-0.1, -0.05) is 0 Å². The van der Waals surface area contributed by atoms with Crippen LogP contribution in [0.15, 0.2) is 30.6 Å². The van der Waals surface area contributed by atoms with Crippen LogP contribution in [0.2, 0.25) is 0 Å². The summed E-state index contributed by atoms with van der Waals surface area (Å²) in [5, 5.41) is 4.34. The Morgan fingerprint density at radius 3 is 2.74 bits per heavy atom. The Bertz CT molecular complexity index is 682. The maximum atomic E-state index is 12.8. The molecule has 0 radical (unpaired) electrons. The molecule has 0 N–H and O–H groups in total. The number of hydrogen-bond donors (Lipinski definition) is 0. The Kier molecular flexibility index (Phi) is 4.43. The summed E-state index contributed by atoms with van der Waals surface area (Å²) in [5.41, 5.74) is 2.18. The van der Waals surface area contributed by atoms with E-state index >= 15 is 0 Å². The molecular formula is C17H23N5O. The van der Waals surface area contributed by atoms with Gasteiger partial charge in [-0.15, -0.1) is 0 Å². The summed E-state index contributed by atoms with van der Waals surface area (Å²) in [6, 6.07) is 5.97. The fourth-order valence-electron chi connectivity index (χ4n) is 3.16. The molecule has 2 aromatic rings. The minimum atomic E-state index is -0.0490. The van der Waals surface area contributed by atoms with Gasteiger partial charge in [-0.25, -0.2) is 0 Å². The van der Waals surface area contributed by atoms with E-state index in [1.807, 2.05) is 56.5 Å². The van der Waals surface area contributed by atoms with Gasteiger partial charge in [-0.2, -0.15) is 5.10 Å². The van der Waals surface area contributed by atoms with Gasteiger partial charge in [-0.05, 0) is 44.5 Å². The molecule has 6 nitrogen and oxygen atoms in total. The second-order valence-corrected chi connectivity index (χ2v) is 6.15. The van der Waals surface area contributed by atoms with Gasteiger partial charge in [0.1, 0.15) is 5.82 Å². The van der Waals surface area contributed by atoms with Crippen LogP contribution < -0.4 is 4.90 Å². The number of carbonyl (C=O) groups is 1. The molecular weight excluding hydrogens is 290 g/mol. The third-order valence-electron chi connectivity index (χ3n) is 4.47. The lowest BCUT2D eigenvalue weighted by Gasteiger charge is -2.23. The van der Waals surface area contributed by atoms with Gasteiger partial charge in [0.05, 0.1) is 11.7 Å². The molecule has 1 amide bonds. The average molecular weight is 313 g/mol. The van der Waals surface area contributed by atoms with Crippen LogP contribution >= 0.6 is 0 Å². The van der Waals surface area contributed by atoms with Crippen molar-refractivity contribution < 1.29 is 4.79 Å². The first-order valence-corrected chi connectivity index (χ1v) is 7.97. The lowest BCUT2D eigenvalue weighted by Crippen LogP contribution is -2.41. The van der Waals surface area contributed by atoms with Gasteiger partial charge in [0.15, 0.2) is 0 Å². The van der Waals surface area contributed by atoms with E-state index in [0.717, 1.165) is 37.4 Å². The Hall–Kier alpha value is -2.21. The number of pyridine rings is 1. The number of nitrogens with zero attached hydrogens (tertiary/aromatic N) is 5. The first kappa shape index (κ1) is 15.7. The van der Waals surface area contributed by atoms with Crippen LogP contribution in [0.5, 0.6) is 0 Å². The second kappa shape index (κ2) is 6.50. The Morgan fingerprint density at radius 2 is 2.09 bits per heavy atom. The molecule has 122 valence electrons. The number of aromatic nitrogens is 3. The van der Waals surface area contributed by atoms with Gasteiger partial charge in [0.25, 0.3) is 0 Å². The lowest BCUT2D eigenvalue weighted by molar-refractivity contribution is -0.121. The molecule has 0 saturated carbocycles. The van der Waals surface area contributed by atoms with Crippen LogP contribution in [0, 0.1) is 6.92 Å². The van der Waals surface area contributed by atoms with E-state index in [4.69, 9.17) is 0 Å². The minimum Gasteiger partial charge on any atom is -0.296 e. The first-order valence-electron chi connectivity index (χ1n) is 7.97. The number of aryl methyl sites for hydroxylation is 2. The molecule has 0 unspecified atom stereocenters. The first-order chi connectivity index (χ1) is 11.1. The van der Waals surface area contributed by atoms with Crippen molar-refractivity contribution in [3.63, 3.8) is 0 Å². The predicted molar refractivity (Wildman–Crippen MR) is 89.3 cm³/mol. The summed E-state index contributed by atoms with van der Waals surface area (Å²) in [5.74, 6) is 1.06. The van der Waals surface area contributed by atoms with Crippen molar-refractivity contribution in [2.24, 2.45) is 7.05 Å². The highest BCUT2D eigenvalue weighted by Gasteiger charge is 2.36. The zero-order valence-electron chi connectivity index (χ0n) is 13.9. The summed E-state index contributed by atoms with van der Waals surface area (Å²) in [6.07, 6.45) is 5.40. The molecule has 3 rings (SSSR count). The molecule has 23 heavy (non-hydrogen) atoms. The van der Waals surface area contributed by atoms with E-state index in [1.165, 1.54) is 5.56 Å². The highest BCUT2D eigenvalue weighted by Crippen LogP contribution is 2.24. The van der Waals surface area contributed by atoms with Crippen LogP contribution in [-0.4, -0.2) is 51.8 Å². The number of hydrogen-bond acceptors (Lipinski definition) is 4. The number of carbonyl (C=O) groups excluding carboxylic acids is 1. The third kappa shape index (κ3) is 3.27. The van der Waals surface area contributed by atoms with Crippen molar-refractivity contribution in [1.82, 2.24) is 19.7 Å². The van der Waals surface area contributed by atoms with E-state index in [-0.39, 0.29) is 11.9 Å². The van der Waals surface area contributed by atoms with Crippen LogP contribution in [0.1, 0.15) is 17.7 Å². The number of amides is 1. The van der Waals surface area contributed by atoms with Gasteiger partial charge < -0.3 is 0 Å². The lowest BCUT2D eigenvalue weighted by atomic mass is 10.1. The van der Waals surface area contributed by atoms with Crippen LogP contribution in [0.3, 0.4) is 0 Å². The molecule has 3 heterocycles. The van der Waals surface area contributed by atoms with Gasteiger partial charge in [0.2, 0.25) is 5.91 Å². The van der Waals surface area contributed by atoms with Crippen molar-refractivity contribution >= 4 is 11.7 Å². The predicted octanol–water partition coefficient (Wildman–Crippen LogP) is 1.40. The summed E-state index contributed by atoms with van der Waals surface area (Å²) in [7, 11) is 3.91. The molecule has 0 spiro atoms. The molecule has 0 aromatic carbocycles. The van der Waals surface area contributed by atoms with Crippen molar-refractivity contribution in [1.29, 1.82) is 0 Å². The van der Waals surface area contributed by atoms with Crippen molar-refractivity contribution in [3.8, 4) is 0 Å². The van der Waals surface area contributed by atoms with Crippen LogP contribution in [0.4, 0.5) is 5.82 Å². The Balaban J connectivity index is 1.63.